The van der Waals surface area contributed by atoms with E-state index in [0.717, 1.165) is 33.6 Å². The number of ether oxygens (including phenoxy) is 1. The lowest BCUT2D eigenvalue weighted by atomic mass is 10.3. The van der Waals surface area contributed by atoms with E-state index < -0.39 is 0 Å². The van der Waals surface area contributed by atoms with Gasteiger partial charge in [-0.3, -0.25) is 0 Å². The molecule has 0 saturated heterocycles. The Morgan fingerprint density at radius 3 is 2.65 bits per heavy atom. The number of aromatic nitrogens is 2. The highest BCUT2D eigenvalue weighted by Crippen LogP contribution is 2.17. The van der Waals surface area contributed by atoms with E-state index in [1.165, 1.54) is 0 Å². The summed E-state index contributed by atoms with van der Waals surface area (Å²) in [6.45, 7) is 3.45. The van der Waals surface area contributed by atoms with Crippen LogP contribution in [0.3, 0.4) is 0 Å². The molecule has 3 nitrogen and oxygen atoms in total. The number of imidazole rings is 1. The van der Waals surface area contributed by atoms with Crippen molar-refractivity contribution in [2.45, 2.75) is 13.5 Å². The highest BCUT2D eigenvalue weighted by molar-refractivity contribution is 9.10. The summed E-state index contributed by atoms with van der Waals surface area (Å²) in [5.74, 6) is 1.90. The smallest absolute Gasteiger partial charge is 0.119 e. The zero-order chi connectivity index (χ0) is 13.9. The third-order valence-electron chi connectivity index (χ3n) is 3.24. The molecular formula is C16H15BrN2O. The fraction of sp³-hybridized carbons (Fsp3) is 0.188. The number of para-hydroxylation sites is 2. The van der Waals surface area contributed by atoms with Crippen LogP contribution in [-0.4, -0.2) is 16.2 Å². The molecule has 0 aliphatic carbocycles. The van der Waals surface area contributed by atoms with Gasteiger partial charge in [0.25, 0.3) is 0 Å². The van der Waals surface area contributed by atoms with Crippen molar-refractivity contribution in [3.8, 4) is 5.75 Å². The van der Waals surface area contributed by atoms with Crippen molar-refractivity contribution >= 4 is 27.0 Å². The topological polar surface area (TPSA) is 27.1 Å². The lowest BCUT2D eigenvalue weighted by molar-refractivity contribution is 0.299. The third-order valence-corrected chi connectivity index (χ3v) is 3.77. The van der Waals surface area contributed by atoms with Gasteiger partial charge in [0.15, 0.2) is 0 Å². The summed E-state index contributed by atoms with van der Waals surface area (Å²) in [7, 11) is 0. The molecule has 0 aliphatic rings. The quantitative estimate of drug-likeness (QED) is 0.717. The largest absolute Gasteiger partial charge is 0.492 e. The molecular weight excluding hydrogens is 316 g/mol. The summed E-state index contributed by atoms with van der Waals surface area (Å²) in [5.41, 5.74) is 2.19. The molecule has 0 unspecified atom stereocenters. The van der Waals surface area contributed by atoms with Gasteiger partial charge >= 0.3 is 0 Å². The van der Waals surface area contributed by atoms with Crippen molar-refractivity contribution in [2.24, 2.45) is 0 Å². The van der Waals surface area contributed by atoms with E-state index in [1.54, 1.807) is 0 Å². The minimum atomic E-state index is 0.628. The molecule has 0 N–H and O–H groups in total. The molecule has 3 aromatic rings. The number of fused-ring (bicyclic) bond motifs is 1. The molecule has 0 amide bonds. The van der Waals surface area contributed by atoms with Gasteiger partial charge in [0.05, 0.1) is 17.6 Å². The van der Waals surface area contributed by atoms with Crippen LogP contribution in [-0.2, 0) is 6.54 Å². The van der Waals surface area contributed by atoms with Gasteiger partial charge in [0.1, 0.15) is 18.2 Å². The number of hydrogen-bond acceptors (Lipinski definition) is 2. The van der Waals surface area contributed by atoms with Crippen LogP contribution in [0.15, 0.2) is 53.0 Å². The Bertz CT molecular complexity index is 719. The Labute approximate surface area is 126 Å². The minimum absolute atomic E-state index is 0.628. The van der Waals surface area contributed by atoms with Gasteiger partial charge in [-0.1, -0.05) is 28.1 Å². The van der Waals surface area contributed by atoms with Gasteiger partial charge in [-0.05, 0) is 43.3 Å². The van der Waals surface area contributed by atoms with Crippen LogP contribution >= 0.6 is 15.9 Å². The standard InChI is InChI=1S/C16H15BrN2O/c1-12-18-15-4-2-3-5-16(15)19(12)10-11-20-14-8-6-13(17)7-9-14/h2-9H,10-11H2,1H3. The average molecular weight is 331 g/mol. The summed E-state index contributed by atoms with van der Waals surface area (Å²) in [5, 5.41) is 0. The number of hydrogen-bond donors (Lipinski definition) is 0. The highest BCUT2D eigenvalue weighted by Gasteiger charge is 2.06. The molecule has 0 fully saturated rings. The molecule has 2 aromatic carbocycles. The van der Waals surface area contributed by atoms with Gasteiger partial charge < -0.3 is 9.30 Å². The first-order chi connectivity index (χ1) is 9.74. The van der Waals surface area contributed by atoms with E-state index in [2.05, 4.69) is 31.5 Å². The van der Waals surface area contributed by atoms with Crippen molar-refractivity contribution in [3.63, 3.8) is 0 Å². The molecule has 0 spiro atoms. The van der Waals surface area contributed by atoms with Crippen LogP contribution in [0.4, 0.5) is 0 Å². The molecule has 3 rings (SSSR count). The molecule has 102 valence electrons. The molecule has 20 heavy (non-hydrogen) atoms. The third kappa shape index (κ3) is 2.70. The Morgan fingerprint density at radius 2 is 1.85 bits per heavy atom. The second-order valence-electron chi connectivity index (χ2n) is 4.60. The van der Waals surface area contributed by atoms with Gasteiger partial charge in [-0.15, -0.1) is 0 Å². The van der Waals surface area contributed by atoms with E-state index in [9.17, 15) is 0 Å². The van der Waals surface area contributed by atoms with E-state index in [-0.39, 0.29) is 0 Å². The maximum atomic E-state index is 5.77. The van der Waals surface area contributed by atoms with Crippen LogP contribution in [0.25, 0.3) is 11.0 Å². The monoisotopic (exact) mass is 330 g/mol. The lowest BCUT2D eigenvalue weighted by Crippen LogP contribution is -2.09. The fourth-order valence-corrected chi connectivity index (χ4v) is 2.53. The van der Waals surface area contributed by atoms with Gasteiger partial charge in [-0.25, -0.2) is 4.98 Å². The molecule has 0 radical (unpaired) electrons. The van der Waals surface area contributed by atoms with Crippen LogP contribution in [0.2, 0.25) is 0 Å². The van der Waals surface area contributed by atoms with E-state index >= 15 is 0 Å². The predicted octanol–water partition coefficient (Wildman–Crippen LogP) is 4.19. The summed E-state index contributed by atoms with van der Waals surface area (Å²) >= 11 is 3.41. The van der Waals surface area contributed by atoms with Crippen LogP contribution in [0.5, 0.6) is 5.75 Å². The zero-order valence-electron chi connectivity index (χ0n) is 11.2. The first kappa shape index (κ1) is 13.2. The normalized spacial score (nSPS) is 10.9. The first-order valence-electron chi connectivity index (χ1n) is 6.54. The van der Waals surface area contributed by atoms with Crippen molar-refractivity contribution < 1.29 is 4.74 Å². The first-order valence-corrected chi connectivity index (χ1v) is 7.33. The molecule has 1 aromatic heterocycles. The van der Waals surface area contributed by atoms with Crippen LogP contribution < -0.4 is 4.74 Å². The predicted molar refractivity (Wildman–Crippen MR) is 84.1 cm³/mol. The number of halogens is 1. The van der Waals surface area contributed by atoms with Crippen molar-refractivity contribution in [3.05, 3.63) is 58.8 Å². The lowest BCUT2D eigenvalue weighted by Gasteiger charge is -2.09. The van der Waals surface area contributed by atoms with Crippen molar-refractivity contribution in [1.29, 1.82) is 0 Å². The number of aryl methyl sites for hydroxylation is 1. The van der Waals surface area contributed by atoms with Gasteiger partial charge in [-0.2, -0.15) is 0 Å². The fourth-order valence-electron chi connectivity index (χ4n) is 2.26. The van der Waals surface area contributed by atoms with Gasteiger partial charge in [0, 0.05) is 4.47 Å². The van der Waals surface area contributed by atoms with Crippen LogP contribution in [0.1, 0.15) is 5.82 Å². The molecule has 1 heterocycles. The number of nitrogens with zero attached hydrogens (tertiary/aromatic N) is 2. The minimum Gasteiger partial charge on any atom is -0.492 e. The van der Waals surface area contributed by atoms with E-state index in [0.29, 0.717) is 6.61 Å². The van der Waals surface area contributed by atoms with Crippen molar-refractivity contribution in [2.75, 3.05) is 6.61 Å². The zero-order valence-corrected chi connectivity index (χ0v) is 12.8. The van der Waals surface area contributed by atoms with Crippen molar-refractivity contribution in [1.82, 2.24) is 9.55 Å². The SMILES string of the molecule is Cc1nc2ccccc2n1CCOc1ccc(Br)cc1. The number of benzene rings is 2. The van der Waals surface area contributed by atoms with E-state index in [4.69, 9.17) is 4.74 Å². The molecule has 0 saturated carbocycles. The Balaban J connectivity index is 1.71. The Kier molecular flexibility index (Phi) is 3.74. The number of rotatable bonds is 4. The molecule has 0 atom stereocenters. The Hall–Kier alpha value is -1.81. The summed E-state index contributed by atoms with van der Waals surface area (Å²) in [4.78, 5) is 4.55. The second kappa shape index (κ2) is 5.67. The maximum absolute atomic E-state index is 5.77. The molecule has 0 bridgehead atoms. The summed E-state index contributed by atoms with van der Waals surface area (Å²) in [6, 6.07) is 16.1. The second-order valence-corrected chi connectivity index (χ2v) is 5.52. The maximum Gasteiger partial charge on any atom is 0.119 e. The summed E-state index contributed by atoms with van der Waals surface area (Å²) in [6.07, 6.45) is 0. The van der Waals surface area contributed by atoms with Crippen LogP contribution in [0, 0.1) is 6.92 Å². The van der Waals surface area contributed by atoms with E-state index in [1.807, 2.05) is 49.4 Å². The van der Waals surface area contributed by atoms with Gasteiger partial charge in [0.2, 0.25) is 0 Å². The highest BCUT2D eigenvalue weighted by atomic mass is 79.9. The summed E-state index contributed by atoms with van der Waals surface area (Å²) < 4.78 is 9.01. The average Bonchev–Trinajstić information content (AvgIpc) is 2.77. The Morgan fingerprint density at radius 1 is 1.10 bits per heavy atom. The molecule has 4 heteroatoms. The molecule has 0 aliphatic heterocycles.